The fourth-order valence-corrected chi connectivity index (χ4v) is 4.86. The number of benzene rings is 1. The van der Waals surface area contributed by atoms with E-state index in [1.54, 1.807) is 31.6 Å². The minimum absolute atomic E-state index is 0.0476. The van der Waals surface area contributed by atoms with Gasteiger partial charge in [0.05, 0.1) is 31.2 Å². The Morgan fingerprint density at radius 1 is 1.11 bits per heavy atom. The normalized spacial score (nSPS) is 20.8. The number of fused-ring (bicyclic) bond motifs is 1. The van der Waals surface area contributed by atoms with Gasteiger partial charge >= 0.3 is 12.2 Å². The summed E-state index contributed by atoms with van der Waals surface area (Å²) in [5.41, 5.74) is -0.195. The lowest BCUT2D eigenvalue weighted by Gasteiger charge is -2.44. The number of piperidine rings is 1. The number of halogens is 4. The highest BCUT2D eigenvalue weighted by Gasteiger charge is 2.43. The summed E-state index contributed by atoms with van der Waals surface area (Å²) in [4.78, 5) is 22.4. The topological polar surface area (TPSA) is 57.5 Å². The Hall–Kier alpha value is -3.63. The lowest BCUT2D eigenvalue weighted by molar-refractivity contribution is -0.138. The molecule has 1 aromatic carbocycles. The number of carbonyl (C=O) groups is 1. The second-order valence-electron chi connectivity index (χ2n) is 8.81. The van der Waals surface area contributed by atoms with Gasteiger partial charge in [0.15, 0.2) is 5.82 Å². The molecule has 2 aromatic heterocycles. The number of nitrogens with zero attached hydrogens (tertiary/aromatic N) is 6. The first-order chi connectivity index (χ1) is 16.7. The monoisotopic (exact) mass is 488 g/mol. The number of carbonyl (C=O) groups excluding carboxylic acids is 1. The number of pyridine rings is 1. The van der Waals surface area contributed by atoms with E-state index in [4.69, 9.17) is 0 Å². The fraction of sp³-hybridized carbons (Fsp3) is 0.375. The number of urea groups is 1. The van der Waals surface area contributed by atoms with Crippen molar-refractivity contribution >= 4 is 17.7 Å². The van der Waals surface area contributed by atoms with Gasteiger partial charge in [0.25, 0.3) is 0 Å². The molecule has 0 spiro atoms. The van der Waals surface area contributed by atoms with Gasteiger partial charge in [-0.2, -0.15) is 18.3 Å². The standard InChI is InChI=1S/C24H24F4N6O/c1-31-12-17-14-33(20-9-11-32(15-19(20)25)21-8-4-5-10-29-21)23(35)34(22(17)30-31)13-16-6-2-3-7-18(16)24(26,27)28/h2-8,10,12,19-20H,9,11,13-15H2,1H3. The maximum atomic E-state index is 15.4. The van der Waals surface area contributed by atoms with Gasteiger partial charge in [0.1, 0.15) is 12.0 Å². The molecular formula is C24H24F4N6O. The molecule has 0 radical (unpaired) electrons. The first-order valence-corrected chi connectivity index (χ1v) is 11.3. The third-order valence-corrected chi connectivity index (χ3v) is 6.49. The third-order valence-electron chi connectivity index (χ3n) is 6.49. The second kappa shape index (κ2) is 8.86. The Kier molecular flexibility index (Phi) is 5.86. The molecular weight excluding hydrogens is 464 g/mol. The average Bonchev–Trinajstić information content (AvgIpc) is 3.21. The molecule has 0 N–H and O–H groups in total. The first kappa shape index (κ1) is 23.1. The van der Waals surface area contributed by atoms with E-state index >= 15 is 4.39 Å². The Bertz CT molecular complexity index is 1210. The number of amides is 2. The van der Waals surface area contributed by atoms with Crippen molar-refractivity contribution in [2.45, 2.75) is 37.9 Å². The molecule has 2 unspecified atom stereocenters. The SMILES string of the molecule is Cn1cc2c(n1)N(Cc1ccccc1C(F)(F)F)C(=O)N(C1CCN(c3ccccn3)CC1F)C2. The van der Waals surface area contributed by atoms with Crippen LogP contribution in [0, 0.1) is 0 Å². The Morgan fingerprint density at radius 2 is 1.89 bits per heavy atom. The fourth-order valence-electron chi connectivity index (χ4n) is 4.86. The van der Waals surface area contributed by atoms with Crippen LogP contribution in [0.2, 0.25) is 0 Å². The van der Waals surface area contributed by atoms with Crippen molar-refractivity contribution < 1.29 is 22.4 Å². The van der Waals surface area contributed by atoms with Crippen molar-refractivity contribution in [1.29, 1.82) is 0 Å². The summed E-state index contributed by atoms with van der Waals surface area (Å²) in [5.74, 6) is 0.963. The van der Waals surface area contributed by atoms with Crippen LogP contribution in [0.1, 0.15) is 23.1 Å². The maximum absolute atomic E-state index is 15.4. The van der Waals surface area contributed by atoms with Crippen molar-refractivity contribution in [3.05, 3.63) is 71.5 Å². The Balaban J connectivity index is 1.42. The van der Waals surface area contributed by atoms with E-state index < -0.39 is 30.0 Å². The van der Waals surface area contributed by atoms with E-state index in [0.717, 1.165) is 6.07 Å². The summed E-state index contributed by atoms with van der Waals surface area (Å²) in [6.45, 7) is 0.401. The van der Waals surface area contributed by atoms with Gasteiger partial charge in [-0.3, -0.25) is 9.58 Å². The van der Waals surface area contributed by atoms with Gasteiger partial charge in [0.2, 0.25) is 0 Å². The van der Waals surface area contributed by atoms with Crippen LogP contribution in [0.3, 0.4) is 0 Å². The predicted molar refractivity (Wildman–Crippen MR) is 122 cm³/mol. The summed E-state index contributed by atoms with van der Waals surface area (Å²) in [6.07, 6.45) is -2.19. The lowest BCUT2D eigenvalue weighted by Crippen LogP contribution is -2.58. The van der Waals surface area contributed by atoms with E-state index in [-0.39, 0.29) is 25.2 Å². The number of hydrogen-bond donors (Lipinski definition) is 0. The predicted octanol–water partition coefficient (Wildman–Crippen LogP) is 4.39. The molecule has 0 aliphatic carbocycles. The summed E-state index contributed by atoms with van der Waals surface area (Å²) in [5, 5.41) is 4.32. The van der Waals surface area contributed by atoms with Crippen molar-refractivity contribution in [2.24, 2.45) is 7.05 Å². The summed E-state index contributed by atoms with van der Waals surface area (Å²) in [7, 11) is 1.68. The highest BCUT2D eigenvalue weighted by molar-refractivity contribution is 5.94. The van der Waals surface area contributed by atoms with Crippen LogP contribution in [0.15, 0.2) is 54.9 Å². The first-order valence-electron chi connectivity index (χ1n) is 11.3. The van der Waals surface area contributed by atoms with Crippen molar-refractivity contribution in [1.82, 2.24) is 19.7 Å². The van der Waals surface area contributed by atoms with Gasteiger partial charge < -0.3 is 9.80 Å². The number of alkyl halides is 4. The molecule has 7 nitrogen and oxygen atoms in total. The van der Waals surface area contributed by atoms with Crippen LogP contribution in [0.5, 0.6) is 0 Å². The van der Waals surface area contributed by atoms with Crippen LogP contribution in [-0.4, -0.2) is 51.0 Å². The highest BCUT2D eigenvalue weighted by atomic mass is 19.4. The van der Waals surface area contributed by atoms with Gasteiger partial charge in [-0.1, -0.05) is 24.3 Å². The average molecular weight is 488 g/mol. The summed E-state index contributed by atoms with van der Waals surface area (Å²) in [6, 6.07) is 9.31. The van der Waals surface area contributed by atoms with Gasteiger partial charge in [-0.25, -0.2) is 14.2 Å². The largest absolute Gasteiger partial charge is 0.416 e. The van der Waals surface area contributed by atoms with Gasteiger partial charge in [-0.05, 0) is 30.2 Å². The van der Waals surface area contributed by atoms with Crippen LogP contribution in [-0.2, 0) is 26.3 Å². The smallest absolute Gasteiger partial charge is 0.354 e. The third kappa shape index (κ3) is 4.42. The molecule has 2 amide bonds. The molecule has 4 heterocycles. The van der Waals surface area contributed by atoms with E-state index in [9.17, 15) is 18.0 Å². The number of rotatable bonds is 4. The van der Waals surface area contributed by atoms with Crippen LogP contribution < -0.4 is 9.80 Å². The number of aromatic nitrogens is 3. The molecule has 2 aliphatic heterocycles. The molecule has 1 fully saturated rings. The zero-order valence-electron chi connectivity index (χ0n) is 19.0. The number of anilines is 2. The van der Waals surface area contributed by atoms with E-state index in [1.165, 1.54) is 32.7 Å². The summed E-state index contributed by atoms with van der Waals surface area (Å²) >= 11 is 0. The zero-order chi connectivity index (χ0) is 24.7. The minimum atomic E-state index is -4.57. The van der Waals surface area contributed by atoms with Crippen molar-refractivity contribution in [3.63, 3.8) is 0 Å². The molecule has 2 atom stereocenters. The summed E-state index contributed by atoms with van der Waals surface area (Å²) < 4.78 is 57.8. The molecule has 184 valence electrons. The molecule has 3 aromatic rings. The molecule has 1 saturated heterocycles. The number of aryl methyl sites for hydroxylation is 1. The molecule has 2 aliphatic rings. The minimum Gasteiger partial charge on any atom is -0.354 e. The Morgan fingerprint density at radius 3 is 2.60 bits per heavy atom. The van der Waals surface area contributed by atoms with E-state index in [1.807, 2.05) is 11.0 Å². The molecule has 11 heteroatoms. The highest BCUT2D eigenvalue weighted by Crippen LogP contribution is 2.36. The van der Waals surface area contributed by atoms with Gasteiger partial charge in [0, 0.05) is 31.5 Å². The zero-order valence-corrected chi connectivity index (χ0v) is 19.0. The lowest BCUT2D eigenvalue weighted by atomic mass is 9.99. The molecule has 0 bridgehead atoms. The van der Waals surface area contributed by atoms with Crippen LogP contribution in [0.25, 0.3) is 0 Å². The van der Waals surface area contributed by atoms with E-state index in [2.05, 4.69) is 10.1 Å². The Labute approximate surface area is 199 Å². The number of hydrogen-bond acceptors (Lipinski definition) is 4. The molecule has 0 saturated carbocycles. The molecule has 35 heavy (non-hydrogen) atoms. The molecule has 5 rings (SSSR count). The maximum Gasteiger partial charge on any atom is 0.416 e. The van der Waals surface area contributed by atoms with Crippen LogP contribution in [0.4, 0.5) is 34.0 Å². The quantitative estimate of drug-likeness (QED) is 0.511. The van der Waals surface area contributed by atoms with E-state index in [0.29, 0.717) is 30.2 Å². The van der Waals surface area contributed by atoms with Crippen LogP contribution >= 0.6 is 0 Å². The second-order valence-corrected chi connectivity index (χ2v) is 8.81. The van der Waals surface area contributed by atoms with Crippen molar-refractivity contribution in [3.8, 4) is 0 Å². The van der Waals surface area contributed by atoms with Crippen molar-refractivity contribution in [2.75, 3.05) is 22.9 Å². The van der Waals surface area contributed by atoms with Gasteiger partial charge in [-0.15, -0.1) is 0 Å².